The van der Waals surface area contributed by atoms with Gasteiger partial charge in [-0.1, -0.05) is 11.6 Å². The molecule has 0 N–H and O–H groups in total. The lowest BCUT2D eigenvalue weighted by atomic mass is 10.1. The van der Waals surface area contributed by atoms with Gasteiger partial charge in [-0.25, -0.2) is 8.78 Å². The average Bonchev–Trinajstić information content (AvgIpc) is 2.64. The lowest BCUT2D eigenvalue weighted by Gasteiger charge is -2.02. The van der Waals surface area contributed by atoms with Gasteiger partial charge in [-0.3, -0.25) is 4.79 Å². The van der Waals surface area contributed by atoms with E-state index in [1.807, 2.05) is 0 Å². The number of hydrogen-bond acceptors (Lipinski definition) is 2. The lowest BCUT2D eigenvalue weighted by Crippen LogP contribution is -1.88. The van der Waals surface area contributed by atoms with Crippen LogP contribution in [0.3, 0.4) is 0 Å². The highest BCUT2D eigenvalue weighted by Gasteiger charge is 2.16. The molecule has 0 saturated carbocycles. The van der Waals surface area contributed by atoms with Gasteiger partial charge in [0.2, 0.25) is 0 Å². The Bertz CT molecular complexity index is 526. The second kappa shape index (κ2) is 4.06. The molecule has 1 aromatic carbocycles. The molecule has 5 heteroatoms. The van der Waals surface area contributed by atoms with Crippen LogP contribution in [0.4, 0.5) is 8.78 Å². The molecule has 2 aromatic rings. The smallest absolute Gasteiger partial charge is 0.185 e. The molecule has 0 radical (unpaired) electrons. The molecule has 82 valence electrons. The number of carbonyl (C=O) groups excluding carboxylic acids is 1. The van der Waals surface area contributed by atoms with E-state index in [9.17, 15) is 13.6 Å². The fourth-order valence-corrected chi connectivity index (χ4v) is 1.52. The Morgan fingerprint density at radius 2 is 1.81 bits per heavy atom. The summed E-state index contributed by atoms with van der Waals surface area (Å²) in [6.07, 6.45) is 0.454. The van der Waals surface area contributed by atoms with Crippen LogP contribution in [0, 0.1) is 11.6 Å². The summed E-state index contributed by atoms with van der Waals surface area (Å²) >= 11 is 5.48. The van der Waals surface area contributed by atoms with Crippen molar-refractivity contribution in [2.45, 2.75) is 0 Å². The standard InChI is InChI=1S/C11H5ClF2O2/c12-6-3-8(13)11(9(14)4-6)10-2-1-7(5-15)16-10/h1-5H. The van der Waals surface area contributed by atoms with E-state index >= 15 is 0 Å². The van der Waals surface area contributed by atoms with E-state index in [0.29, 0.717) is 6.29 Å². The zero-order chi connectivity index (χ0) is 11.7. The minimum atomic E-state index is -0.836. The first kappa shape index (κ1) is 10.8. The Labute approximate surface area is 94.4 Å². The zero-order valence-corrected chi connectivity index (χ0v) is 8.59. The Hall–Kier alpha value is -1.68. The van der Waals surface area contributed by atoms with Crippen molar-refractivity contribution in [2.75, 3.05) is 0 Å². The summed E-state index contributed by atoms with van der Waals surface area (Å²) < 4.78 is 31.8. The molecule has 0 amide bonds. The van der Waals surface area contributed by atoms with Gasteiger partial charge in [0.25, 0.3) is 0 Å². The minimum Gasteiger partial charge on any atom is -0.453 e. The van der Waals surface area contributed by atoms with Gasteiger partial charge in [-0.05, 0) is 24.3 Å². The van der Waals surface area contributed by atoms with Crippen molar-refractivity contribution in [3.8, 4) is 11.3 Å². The van der Waals surface area contributed by atoms with Gasteiger partial charge in [0, 0.05) is 5.02 Å². The molecule has 2 rings (SSSR count). The van der Waals surface area contributed by atoms with Gasteiger partial charge in [0.15, 0.2) is 12.0 Å². The van der Waals surface area contributed by atoms with Crippen LogP contribution in [0.15, 0.2) is 28.7 Å². The molecular formula is C11H5ClF2O2. The maximum Gasteiger partial charge on any atom is 0.185 e. The first-order chi connectivity index (χ1) is 7.61. The summed E-state index contributed by atoms with van der Waals surface area (Å²) in [4.78, 5) is 10.4. The van der Waals surface area contributed by atoms with Gasteiger partial charge < -0.3 is 4.42 Å². The third-order valence-electron chi connectivity index (χ3n) is 2.00. The van der Waals surface area contributed by atoms with Crippen LogP contribution in [0.5, 0.6) is 0 Å². The van der Waals surface area contributed by atoms with E-state index in [-0.39, 0.29) is 22.1 Å². The van der Waals surface area contributed by atoms with Crippen molar-refractivity contribution in [3.63, 3.8) is 0 Å². The van der Waals surface area contributed by atoms with E-state index in [2.05, 4.69) is 0 Å². The zero-order valence-electron chi connectivity index (χ0n) is 7.84. The number of aldehydes is 1. The van der Waals surface area contributed by atoms with Gasteiger partial charge in [-0.2, -0.15) is 0 Å². The molecule has 1 heterocycles. The molecule has 1 aromatic heterocycles. The highest BCUT2D eigenvalue weighted by atomic mass is 35.5. The third-order valence-corrected chi connectivity index (χ3v) is 2.21. The Morgan fingerprint density at radius 1 is 1.19 bits per heavy atom. The third kappa shape index (κ3) is 1.84. The number of benzene rings is 1. The highest BCUT2D eigenvalue weighted by molar-refractivity contribution is 6.30. The van der Waals surface area contributed by atoms with Crippen LogP contribution >= 0.6 is 11.6 Å². The average molecular weight is 243 g/mol. The molecule has 0 aliphatic carbocycles. The molecule has 16 heavy (non-hydrogen) atoms. The Morgan fingerprint density at radius 3 is 2.31 bits per heavy atom. The first-order valence-corrected chi connectivity index (χ1v) is 4.69. The maximum absolute atomic E-state index is 13.4. The van der Waals surface area contributed by atoms with Gasteiger partial charge in [0.05, 0.1) is 5.56 Å². The van der Waals surface area contributed by atoms with Crippen molar-refractivity contribution in [1.82, 2.24) is 0 Å². The van der Waals surface area contributed by atoms with Crippen LogP contribution in [0.2, 0.25) is 5.02 Å². The summed E-state index contributed by atoms with van der Waals surface area (Å²) in [7, 11) is 0. The molecule has 0 unspecified atom stereocenters. The van der Waals surface area contributed by atoms with E-state index in [0.717, 1.165) is 12.1 Å². The van der Waals surface area contributed by atoms with Gasteiger partial charge in [0.1, 0.15) is 17.4 Å². The van der Waals surface area contributed by atoms with E-state index in [1.54, 1.807) is 0 Å². The second-order valence-electron chi connectivity index (χ2n) is 3.06. The fraction of sp³-hybridized carbons (Fsp3) is 0. The number of carbonyl (C=O) groups is 1. The normalized spacial score (nSPS) is 10.4. The summed E-state index contributed by atoms with van der Waals surface area (Å²) in [5, 5.41) is -0.0408. The first-order valence-electron chi connectivity index (χ1n) is 4.31. The van der Waals surface area contributed by atoms with Gasteiger partial charge >= 0.3 is 0 Å². The molecule has 0 atom stereocenters. The van der Waals surface area contributed by atoms with Crippen LogP contribution in [-0.2, 0) is 0 Å². The molecule has 0 bridgehead atoms. The largest absolute Gasteiger partial charge is 0.453 e. The summed E-state index contributed by atoms with van der Waals surface area (Å²) in [6.45, 7) is 0. The second-order valence-corrected chi connectivity index (χ2v) is 3.50. The highest BCUT2D eigenvalue weighted by Crippen LogP contribution is 2.29. The maximum atomic E-state index is 13.4. The molecule has 0 spiro atoms. The van der Waals surface area contributed by atoms with E-state index in [4.69, 9.17) is 16.0 Å². The number of hydrogen-bond donors (Lipinski definition) is 0. The molecule has 0 fully saturated rings. The van der Waals surface area contributed by atoms with Crippen LogP contribution in [0.1, 0.15) is 10.6 Å². The van der Waals surface area contributed by atoms with Crippen molar-refractivity contribution in [1.29, 1.82) is 0 Å². The molecular weight excluding hydrogens is 238 g/mol. The van der Waals surface area contributed by atoms with E-state index in [1.165, 1.54) is 12.1 Å². The monoisotopic (exact) mass is 242 g/mol. The van der Waals surface area contributed by atoms with Crippen LogP contribution < -0.4 is 0 Å². The summed E-state index contributed by atoms with van der Waals surface area (Å²) in [5.41, 5.74) is -0.336. The van der Waals surface area contributed by atoms with Gasteiger partial charge in [-0.15, -0.1) is 0 Å². The molecule has 0 aliphatic rings. The molecule has 0 saturated heterocycles. The Balaban J connectivity index is 2.59. The molecule has 2 nitrogen and oxygen atoms in total. The summed E-state index contributed by atoms with van der Waals surface area (Å²) in [6, 6.07) is 4.60. The number of furan rings is 1. The quantitative estimate of drug-likeness (QED) is 0.752. The molecule has 0 aliphatic heterocycles. The van der Waals surface area contributed by atoms with Crippen molar-refractivity contribution >= 4 is 17.9 Å². The number of halogens is 3. The van der Waals surface area contributed by atoms with Crippen molar-refractivity contribution in [2.24, 2.45) is 0 Å². The minimum absolute atomic E-state index is 0.00347. The summed E-state index contributed by atoms with van der Waals surface area (Å²) in [5.74, 6) is -1.72. The Kier molecular flexibility index (Phi) is 2.75. The van der Waals surface area contributed by atoms with Crippen LogP contribution in [-0.4, -0.2) is 6.29 Å². The fourth-order valence-electron chi connectivity index (χ4n) is 1.33. The predicted octanol–water partition coefficient (Wildman–Crippen LogP) is 3.69. The van der Waals surface area contributed by atoms with Crippen molar-refractivity contribution < 1.29 is 18.0 Å². The van der Waals surface area contributed by atoms with E-state index < -0.39 is 11.6 Å². The predicted molar refractivity (Wildman–Crippen MR) is 54.5 cm³/mol. The SMILES string of the molecule is O=Cc1ccc(-c2c(F)cc(Cl)cc2F)o1. The lowest BCUT2D eigenvalue weighted by molar-refractivity contribution is 0.110. The topological polar surface area (TPSA) is 30.2 Å². The number of rotatable bonds is 2. The van der Waals surface area contributed by atoms with Crippen molar-refractivity contribution in [3.05, 3.63) is 46.7 Å². The van der Waals surface area contributed by atoms with Crippen LogP contribution in [0.25, 0.3) is 11.3 Å².